The number of alkyl halides is 3. The van der Waals surface area contributed by atoms with Gasteiger partial charge in [-0.25, -0.2) is 4.68 Å². The normalized spacial score (nSPS) is 14.2. The maximum Gasteiger partial charge on any atom is 0.573 e. The minimum absolute atomic E-state index is 0.00520. The van der Waals surface area contributed by atoms with E-state index >= 15 is 0 Å². The lowest BCUT2D eigenvalue weighted by atomic mass is 10.0. The zero-order valence-electron chi connectivity index (χ0n) is 24.9. The first-order chi connectivity index (χ1) is 21.5. The van der Waals surface area contributed by atoms with Crippen molar-refractivity contribution in [2.45, 2.75) is 33.1 Å². The van der Waals surface area contributed by atoms with E-state index in [-0.39, 0.29) is 17.6 Å². The number of aldehydes is 1. The van der Waals surface area contributed by atoms with Crippen LogP contribution in [0.2, 0.25) is 0 Å². The summed E-state index contributed by atoms with van der Waals surface area (Å²) in [6.07, 6.45) is -0.470. The summed E-state index contributed by atoms with van der Waals surface area (Å²) in [5.41, 5.74) is 5.66. The van der Waals surface area contributed by atoms with Crippen molar-refractivity contribution in [3.05, 3.63) is 101 Å². The van der Waals surface area contributed by atoms with E-state index in [0.29, 0.717) is 22.2 Å². The fourth-order valence-electron chi connectivity index (χ4n) is 4.26. The van der Waals surface area contributed by atoms with Crippen molar-refractivity contribution >= 4 is 46.7 Å². The molecule has 3 aromatic carbocycles. The number of anilines is 2. The summed E-state index contributed by atoms with van der Waals surface area (Å²) in [4.78, 5) is 25.2. The summed E-state index contributed by atoms with van der Waals surface area (Å²) in [5.74, 6) is 0.424. The lowest BCUT2D eigenvalue weighted by Crippen LogP contribution is -2.30. The average Bonchev–Trinajstić information content (AvgIpc) is 3.58. The summed E-state index contributed by atoms with van der Waals surface area (Å²) < 4.78 is 40.4. The molecule has 1 fully saturated rings. The van der Waals surface area contributed by atoms with Crippen LogP contribution in [-0.2, 0) is 4.79 Å². The third kappa shape index (κ3) is 8.82. The van der Waals surface area contributed by atoms with Crippen molar-refractivity contribution in [3.63, 3.8) is 0 Å². The minimum atomic E-state index is -4.62. The smallest absolute Gasteiger partial charge is 0.406 e. The molecule has 1 saturated heterocycles. The first-order valence-electron chi connectivity index (χ1n) is 13.8. The van der Waals surface area contributed by atoms with Crippen LogP contribution in [-0.4, -0.2) is 52.5 Å². The van der Waals surface area contributed by atoms with Crippen LogP contribution in [0.3, 0.4) is 0 Å². The van der Waals surface area contributed by atoms with E-state index < -0.39 is 6.36 Å². The van der Waals surface area contributed by atoms with Gasteiger partial charge in [0.15, 0.2) is 11.5 Å². The number of carbonyl (C=O) groups is 2. The van der Waals surface area contributed by atoms with Crippen molar-refractivity contribution in [1.82, 2.24) is 9.78 Å². The Bertz CT molecular complexity index is 1680. The Morgan fingerprint density at radius 3 is 2.33 bits per heavy atom. The predicted octanol–water partition coefficient (Wildman–Crippen LogP) is 7.21. The van der Waals surface area contributed by atoms with E-state index in [1.54, 1.807) is 36.0 Å². The van der Waals surface area contributed by atoms with E-state index in [0.717, 1.165) is 34.5 Å². The van der Waals surface area contributed by atoms with E-state index in [4.69, 9.17) is 0 Å². The van der Waals surface area contributed by atoms with Gasteiger partial charge in [-0.1, -0.05) is 55.9 Å². The van der Waals surface area contributed by atoms with Gasteiger partial charge in [0.2, 0.25) is 5.91 Å². The summed E-state index contributed by atoms with van der Waals surface area (Å²) in [6, 6.07) is 21.0. The molecule has 1 aliphatic rings. The highest BCUT2D eigenvalue weighted by Crippen LogP contribution is 2.33. The van der Waals surface area contributed by atoms with Gasteiger partial charge in [-0.2, -0.15) is 10.2 Å². The monoisotopic (exact) mass is 636 g/mol. The van der Waals surface area contributed by atoms with Gasteiger partial charge in [0.1, 0.15) is 5.75 Å². The lowest BCUT2D eigenvalue weighted by Gasteiger charge is -2.20. The van der Waals surface area contributed by atoms with Crippen LogP contribution in [0, 0.1) is 6.92 Å². The van der Waals surface area contributed by atoms with Gasteiger partial charge in [0.25, 0.3) is 0 Å². The molecule has 1 amide bonds. The van der Waals surface area contributed by atoms with Crippen molar-refractivity contribution in [3.8, 4) is 11.4 Å². The number of aromatic nitrogens is 2. The molecular weight excluding hydrogens is 605 g/mol. The van der Waals surface area contributed by atoms with Gasteiger partial charge in [-0.3, -0.25) is 14.5 Å². The molecule has 0 aliphatic carbocycles. The quantitative estimate of drug-likeness (QED) is 0.125. The summed E-state index contributed by atoms with van der Waals surface area (Å²) in [5, 5.41) is 16.3. The number of thioether (sulfide) groups is 1. The molecule has 0 atom stereocenters. The Balaban J connectivity index is 0.000000297. The number of aryl methyl sites for hydroxylation is 1. The molecule has 9 nitrogen and oxygen atoms in total. The van der Waals surface area contributed by atoms with Crippen LogP contribution in [0.25, 0.3) is 5.69 Å². The highest BCUT2D eigenvalue weighted by atomic mass is 32.2. The number of amides is 1. The molecule has 5 rings (SSSR count). The number of halogens is 3. The molecule has 13 heteroatoms. The van der Waals surface area contributed by atoms with Crippen LogP contribution in [0.5, 0.6) is 5.75 Å². The number of benzene rings is 3. The van der Waals surface area contributed by atoms with E-state index in [1.807, 2.05) is 48.5 Å². The zero-order valence-corrected chi connectivity index (χ0v) is 25.8. The summed E-state index contributed by atoms with van der Waals surface area (Å²) in [6.45, 7) is 6.01. The molecule has 0 unspecified atom stereocenters. The number of nitrogens with one attached hydrogen (secondary N) is 1. The van der Waals surface area contributed by atoms with Crippen LogP contribution < -0.4 is 15.0 Å². The number of amidine groups is 1. The van der Waals surface area contributed by atoms with Crippen LogP contribution in [0.15, 0.2) is 89.2 Å². The second kappa shape index (κ2) is 14.7. The third-order valence-electron chi connectivity index (χ3n) is 6.51. The number of rotatable bonds is 8. The number of hydrogen-bond acceptors (Lipinski definition) is 8. The Morgan fingerprint density at radius 2 is 1.73 bits per heavy atom. The Labute approximate surface area is 262 Å². The first-order valence-corrected chi connectivity index (χ1v) is 14.8. The van der Waals surface area contributed by atoms with Gasteiger partial charge < -0.3 is 10.1 Å². The number of carbonyl (C=O) groups excluding carboxylic acids is 2. The van der Waals surface area contributed by atoms with Gasteiger partial charge in [0, 0.05) is 18.9 Å². The fourth-order valence-corrected chi connectivity index (χ4v) is 5.07. The average molecular weight is 637 g/mol. The molecule has 0 radical (unpaired) electrons. The predicted molar refractivity (Wildman–Crippen MR) is 172 cm³/mol. The zero-order chi connectivity index (χ0) is 32.6. The maximum atomic E-state index is 12.6. The molecule has 4 aromatic rings. The summed E-state index contributed by atoms with van der Waals surface area (Å²) in [7, 11) is 1.68. The topological polar surface area (TPSA) is 101 Å². The van der Waals surface area contributed by atoms with E-state index in [2.05, 4.69) is 39.2 Å². The molecular formula is C32H31F3N6O3S. The molecule has 1 aliphatic heterocycles. The SMILES string of the molecule is CNc1ccc(OC(F)(F)F)cc1.Cc1nn(-c2ccc(/C=N/N=C3\SCC(=O)N3c3ccccc3C(C)C)cc2)cc1C=O. The Kier molecular flexibility index (Phi) is 10.8. The van der Waals surface area contributed by atoms with Crippen molar-refractivity contribution in [1.29, 1.82) is 0 Å². The molecule has 1 N–H and O–H groups in total. The number of ether oxygens (including phenoxy) is 1. The Morgan fingerprint density at radius 1 is 1.04 bits per heavy atom. The summed E-state index contributed by atoms with van der Waals surface area (Å²) >= 11 is 1.39. The Hall–Kier alpha value is -4.91. The standard InChI is InChI=1S/C24H23N5O2S.C8H8F3NO/c1-16(2)21-6-4-5-7-22(21)29-23(31)15-32-24(29)26-25-12-18-8-10-20(11-9-18)28-13-19(14-30)17(3)27-28;1-12-6-2-4-7(5-3-6)13-8(9,10)11/h4-14,16H,15H2,1-3H3;2-5,12H,1H3/b25-12+,26-24-;. The van der Waals surface area contributed by atoms with Crippen LogP contribution >= 0.6 is 11.8 Å². The molecule has 0 spiro atoms. The van der Waals surface area contributed by atoms with Crippen LogP contribution in [0.4, 0.5) is 24.5 Å². The molecule has 2 heterocycles. The van der Waals surface area contributed by atoms with Crippen molar-refractivity contribution in [2.24, 2.45) is 10.2 Å². The highest BCUT2D eigenvalue weighted by Gasteiger charge is 2.32. The van der Waals surface area contributed by atoms with Gasteiger partial charge >= 0.3 is 6.36 Å². The lowest BCUT2D eigenvalue weighted by molar-refractivity contribution is -0.274. The second-order valence-corrected chi connectivity index (χ2v) is 10.9. The molecule has 234 valence electrons. The first kappa shape index (κ1) is 33.0. The fraction of sp³-hybridized carbons (Fsp3) is 0.219. The minimum Gasteiger partial charge on any atom is -0.406 e. The van der Waals surface area contributed by atoms with Gasteiger partial charge in [-0.05, 0) is 66.4 Å². The third-order valence-corrected chi connectivity index (χ3v) is 7.43. The maximum absolute atomic E-state index is 12.6. The van der Waals surface area contributed by atoms with Gasteiger partial charge in [-0.15, -0.1) is 18.3 Å². The highest BCUT2D eigenvalue weighted by molar-refractivity contribution is 8.15. The molecule has 45 heavy (non-hydrogen) atoms. The molecule has 1 aromatic heterocycles. The van der Waals surface area contributed by atoms with Crippen LogP contribution in [0.1, 0.15) is 46.9 Å². The molecule has 0 bridgehead atoms. The number of hydrogen-bond donors (Lipinski definition) is 1. The van der Waals surface area contributed by atoms with E-state index in [9.17, 15) is 22.8 Å². The second-order valence-electron chi connectivity index (χ2n) is 10.0. The van der Waals surface area contributed by atoms with Gasteiger partial charge in [0.05, 0.1) is 34.6 Å². The number of nitrogens with zero attached hydrogens (tertiary/aromatic N) is 5. The molecule has 0 saturated carbocycles. The van der Waals surface area contributed by atoms with Crippen molar-refractivity contribution in [2.75, 3.05) is 23.0 Å². The number of para-hydroxylation sites is 1. The van der Waals surface area contributed by atoms with Crippen molar-refractivity contribution < 1.29 is 27.5 Å². The van der Waals surface area contributed by atoms with E-state index in [1.165, 1.54) is 36.0 Å². The largest absolute Gasteiger partial charge is 0.573 e.